The number of imidazole rings is 1. The molecule has 0 spiro atoms. The van der Waals surface area contributed by atoms with Crippen LogP contribution >= 0.6 is 0 Å². The van der Waals surface area contributed by atoms with Gasteiger partial charge < -0.3 is 28.6 Å². The molecule has 95 heavy (non-hydrogen) atoms. The van der Waals surface area contributed by atoms with Crippen LogP contribution in [0.1, 0.15) is 26.3 Å². The van der Waals surface area contributed by atoms with Crippen molar-refractivity contribution in [1.29, 1.82) is 0 Å². The quantitative estimate of drug-likeness (QED) is 0.0819. The Morgan fingerprint density at radius 2 is 1.02 bits per heavy atom. The Balaban J connectivity index is 0.00000660. The fourth-order valence-corrected chi connectivity index (χ4v) is 18.7. The van der Waals surface area contributed by atoms with E-state index < -0.39 is 8.07 Å². The third-order valence-corrected chi connectivity index (χ3v) is 23.5. The first-order chi connectivity index (χ1) is 46.1. The summed E-state index contributed by atoms with van der Waals surface area (Å²) in [4.78, 5) is 12.8. The minimum absolute atomic E-state index is 0. The number of benzene rings is 12. The van der Waals surface area contributed by atoms with Gasteiger partial charge in [-0.05, 0) is 140 Å². The normalized spacial score (nSPS) is 13.7. The van der Waals surface area contributed by atoms with Crippen molar-refractivity contribution in [2.45, 2.75) is 39.3 Å². The molecule has 4 aliphatic rings. The van der Waals surface area contributed by atoms with Crippen LogP contribution in [0.25, 0.3) is 72.3 Å². The smallest absolute Gasteiger partial charge is 0.268 e. The van der Waals surface area contributed by atoms with E-state index >= 15 is 0 Å². The van der Waals surface area contributed by atoms with Crippen molar-refractivity contribution in [2.75, 3.05) is 14.7 Å². The van der Waals surface area contributed by atoms with E-state index in [2.05, 4.69) is 348 Å². The molecule has 0 amide bonds. The van der Waals surface area contributed by atoms with Gasteiger partial charge in [-0.15, -0.1) is 29.5 Å². The molecule has 15 aromatic rings. The maximum absolute atomic E-state index is 7.23. The number of anilines is 9. The molecule has 0 atom stereocenters. The predicted molar refractivity (Wildman–Crippen MR) is 389 cm³/mol. The number of nitrogens with zero attached hydrogens (tertiary/aromatic N) is 7. The van der Waals surface area contributed by atoms with Gasteiger partial charge >= 0.3 is 0 Å². The summed E-state index contributed by atoms with van der Waals surface area (Å²) in [5, 5.41) is 4.76. The topological polar surface area (TPSA) is 45.6 Å². The Morgan fingerprint density at radius 3 is 1.62 bits per heavy atom. The van der Waals surface area contributed by atoms with Crippen molar-refractivity contribution < 1.29 is 30.4 Å². The third-order valence-electron chi connectivity index (χ3n) is 20.0. The molecule has 12 aromatic carbocycles. The first-order valence-electron chi connectivity index (χ1n) is 32.4. The summed E-state index contributed by atoms with van der Waals surface area (Å²) in [6.07, 6.45) is 5.94. The maximum atomic E-state index is 7.23. The van der Waals surface area contributed by atoms with Crippen LogP contribution in [-0.2, 0) is 26.5 Å². The molecule has 0 N–H and O–H groups in total. The van der Waals surface area contributed by atoms with Gasteiger partial charge in [0.15, 0.2) is 0 Å². The molecule has 19 rings (SSSR count). The maximum Gasteiger partial charge on any atom is 0.268 e. The van der Waals surface area contributed by atoms with E-state index in [-0.39, 0.29) is 33.2 Å². The molecule has 456 valence electrons. The van der Waals surface area contributed by atoms with E-state index in [1.54, 1.807) is 0 Å². The Labute approximate surface area is 568 Å². The molecule has 0 bridgehead atoms. The average Bonchev–Trinajstić information content (AvgIpc) is 1.61. The van der Waals surface area contributed by atoms with Gasteiger partial charge in [-0.25, -0.2) is 4.98 Å². The molecule has 4 aliphatic heterocycles. The summed E-state index contributed by atoms with van der Waals surface area (Å²) < 4.78 is 14.1. The first-order valence-corrected chi connectivity index (χ1v) is 35.4. The van der Waals surface area contributed by atoms with Crippen molar-refractivity contribution >= 4 is 126 Å². The molecule has 0 fully saturated rings. The Bertz CT molecular complexity index is 5560. The van der Waals surface area contributed by atoms with Crippen molar-refractivity contribution in [3.05, 3.63) is 297 Å². The summed E-state index contributed by atoms with van der Waals surface area (Å²) in [7, 11) is -2.35. The van der Waals surface area contributed by atoms with Gasteiger partial charge in [0.25, 0.3) is 13.0 Å². The number of rotatable bonds is 9. The Hall–Kier alpha value is -10.8. The molecule has 3 aromatic heterocycles. The van der Waals surface area contributed by atoms with Gasteiger partial charge in [0, 0.05) is 104 Å². The van der Waals surface area contributed by atoms with Crippen LogP contribution in [0, 0.1) is 18.5 Å². The number of hydrogen-bond donors (Lipinski definition) is 0. The van der Waals surface area contributed by atoms with E-state index in [4.69, 9.17) is 9.72 Å². The van der Waals surface area contributed by atoms with Gasteiger partial charge in [-0.2, -0.15) is 12.1 Å². The summed E-state index contributed by atoms with van der Waals surface area (Å²) in [6, 6.07) is 105. The summed E-state index contributed by atoms with van der Waals surface area (Å²) in [5.41, 5.74) is 25.6. The number of fused-ring (bicyclic) bond motifs is 6. The number of para-hydroxylation sites is 5. The Kier molecular flexibility index (Phi) is 12.8. The molecule has 7 heterocycles. The monoisotopic (exact) mass is 1420 g/mol. The molecule has 0 aliphatic carbocycles. The van der Waals surface area contributed by atoms with Crippen molar-refractivity contribution in [2.24, 2.45) is 0 Å². The van der Waals surface area contributed by atoms with Crippen LogP contribution < -0.4 is 50.8 Å². The fourth-order valence-electron chi connectivity index (χ4n) is 15.8. The summed E-state index contributed by atoms with van der Waals surface area (Å²) in [5.74, 6) is 1.96. The first kappa shape index (κ1) is 56.9. The van der Waals surface area contributed by atoms with Crippen molar-refractivity contribution in [3.63, 3.8) is 0 Å². The van der Waals surface area contributed by atoms with Gasteiger partial charge in [0.2, 0.25) is 0 Å². The number of ether oxygens (including phenoxy) is 1. The molecular weight excluding hydrogens is 1360 g/mol. The van der Waals surface area contributed by atoms with Crippen LogP contribution in [0.2, 0.25) is 13.1 Å². The molecule has 8 nitrogen and oxygen atoms in total. The molecule has 0 radical (unpaired) electrons. The van der Waals surface area contributed by atoms with Crippen molar-refractivity contribution in [1.82, 2.24) is 14.1 Å². The fraction of sp³-hybridized carbons (Fsp3) is 0.0714. The van der Waals surface area contributed by atoms with Gasteiger partial charge in [0.05, 0.1) is 16.7 Å². The molecule has 0 saturated carbocycles. The second kappa shape index (κ2) is 21.4. The number of pyridine rings is 1. The van der Waals surface area contributed by atoms with E-state index in [0.717, 1.165) is 112 Å². The molecule has 11 heteroatoms. The van der Waals surface area contributed by atoms with E-state index in [9.17, 15) is 0 Å². The molecular formula is C84H60BN7OPtSi-2. The van der Waals surface area contributed by atoms with Crippen LogP contribution in [0.5, 0.6) is 11.5 Å². The van der Waals surface area contributed by atoms with Crippen LogP contribution in [-0.4, -0.2) is 28.9 Å². The minimum atomic E-state index is -2.35. The van der Waals surface area contributed by atoms with E-state index in [1.165, 1.54) is 43.7 Å². The predicted octanol–water partition coefficient (Wildman–Crippen LogP) is 17.2. The number of hydrogen-bond acceptors (Lipinski definition) is 5. The summed E-state index contributed by atoms with van der Waals surface area (Å²) in [6.45, 7) is 11.6. The second-order valence-electron chi connectivity index (χ2n) is 26.7. The molecule has 0 saturated heterocycles. The second-order valence-corrected chi connectivity index (χ2v) is 31.0. The van der Waals surface area contributed by atoms with Crippen LogP contribution in [0.4, 0.5) is 51.2 Å². The zero-order chi connectivity index (χ0) is 62.7. The zero-order valence-electron chi connectivity index (χ0n) is 52.9. The van der Waals surface area contributed by atoms with Gasteiger partial charge in [-0.3, -0.25) is 4.57 Å². The standard InChI is InChI=1S/C84H60BN7OSi.Pt/c1-84(2,3)56-47-48-86-76(49-56)92-70-50-60(93-61-44-46-74-71(51-61)88-53-87(69-41-24-42-75(82(69)88)94(74,4)5)81-62(54-25-11-6-12-26-54)35-21-36-63(81)55-27-13-7-14-28-55)43-45-64(70)77-72(92)52-73-80-83(77)91(59-33-19-10-20-34-59)68-40-23-38-66-79(68)85(80)78-65(89(66)57-29-15-8-16-30-57)37-22-39-67(78)90(73)58-31-17-9-18-32-58;/h6-49,52H,1-5H3;/q-2;. The average molecular weight is 1420 g/mol. The SMILES string of the molecule is CC(C)(C)c1ccnc(-n2c3[c-]c(Oc4[c-]c5c(cc4)[Si](C)(C)c4cccc6c4n-5[c-][n+]6-c4c(-c5ccccc5)cccc4-c4ccccc4)ccc3c3c4c5c(cc32)N(c2ccccc2)c2cccc3c2B5c2c(cccc2N4c2ccccc2)N3c2ccccc2)c1.[Pt]. The molecule has 0 unspecified atom stereocenters. The largest absolute Gasteiger partial charge is 0.510 e. The number of aromatic nitrogens is 4. The van der Waals surface area contributed by atoms with Crippen molar-refractivity contribution in [3.8, 4) is 50.9 Å². The summed E-state index contributed by atoms with van der Waals surface area (Å²) >= 11 is 0. The van der Waals surface area contributed by atoms with Gasteiger partial charge in [0.1, 0.15) is 5.82 Å². The van der Waals surface area contributed by atoms with Gasteiger partial charge in [-0.1, -0.05) is 214 Å². The zero-order valence-corrected chi connectivity index (χ0v) is 56.2. The minimum Gasteiger partial charge on any atom is -0.510 e. The van der Waals surface area contributed by atoms with E-state index in [0.29, 0.717) is 11.5 Å². The van der Waals surface area contributed by atoms with E-state index in [1.807, 2.05) is 6.20 Å². The van der Waals surface area contributed by atoms with Crippen LogP contribution in [0.15, 0.2) is 273 Å². The Morgan fingerprint density at radius 1 is 0.495 bits per heavy atom. The van der Waals surface area contributed by atoms with Crippen LogP contribution in [0.3, 0.4) is 0 Å². The third kappa shape index (κ3) is 8.43.